The molecule has 0 aromatic carbocycles. The maximum absolute atomic E-state index is 14.0. The second-order valence-electron chi connectivity index (χ2n) is 14.2. The van der Waals surface area contributed by atoms with Crippen molar-refractivity contribution in [3.05, 3.63) is 0 Å². The Morgan fingerprint density at radius 2 is 0.342 bits per heavy atom. The molecule has 0 amide bonds. The van der Waals surface area contributed by atoms with Crippen molar-refractivity contribution in [2.45, 2.75) is 65.9 Å². The summed E-state index contributed by atoms with van der Waals surface area (Å²) < 4.78 is 351. The molecule has 0 rings (SSSR count). The van der Waals surface area contributed by atoms with Crippen molar-refractivity contribution in [1.29, 1.82) is 0 Å². The molecule has 0 heterocycles. The SMILES string of the molecule is OCCOCCOCCOCCOCCOCCOCCOCCOCCOCCOCCOCCOCCOCCC(F)(F)C(F)(F)C(F)(F)C(F)(F)C(F)(F)C(F)(F)C(F)(F)C(F)(F)C(F)(F)C(F)(F)F. The van der Waals surface area contributed by atoms with E-state index in [1.165, 1.54) is 0 Å². The van der Waals surface area contributed by atoms with E-state index < -0.39 is 85.7 Å². The molecule has 0 bridgehead atoms. The number of hydrogen-bond acceptors (Lipinski definition) is 14. The van der Waals surface area contributed by atoms with E-state index in [0.29, 0.717) is 92.5 Å². The Bertz CT molecular complexity index is 1410. The van der Waals surface area contributed by atoms with Crippen molar-refractivity contribution in [1.82, 2.24) is 0 Å². The number of halogens is 21. The molecule has 0 atom stereocenters. The van der Waals surface area contributed by atoms with E-state index in [1.54, 1.807) is 0 Å². The fourth-order valence-corrected chi connectivity index (χ4v) is 4.75. The van der Waals surface area contributed by atoms with Crippen molar-refractivity contribution in [3.8, 4) is 0 Å². The van der Waals surface area contributed by atoms with E-state index >= 15 is 0 Å². The minimum Gasteiger partial charge on any atom is -0.394 e. The largest absolute Gasteiger partial charge is 0.460 e. The minimum absolute atomic E-state index is 0.0119. The van der Waals surface area contributed by atoms with Crippen LogP contribution in [0.2, 0.25) is 0 Å². The molecular formula is C38H57F21O14. The average Bonchev–Trinajstić information content (AvgIpc) is 3.29. The molecule has 73 heavy (non-hydrogen) atoms. The van der Waals surface area contributed by atoms with Gasteiger partial charge in [-0.15, -0.1) is 0 Å². The zero-order chi connectivity index (χ0) is 56.0. The summed E-state index contributed by atoms with van der Waals surface area (Å²) in [5.41, 5.74) is 0. The summed E-state index contributed by atoms with van der Waals surface area (Å²) in [6.07, 6.45) is -10.9. The van der Waals surface area contributed by atoms with Gasteiger partial charge in [0, 0.05) is 6.42 Å². The number of hydrogen-bond donors (Lipinski definition) is 1. The second-order valence-corrected chi connectivity index (χ2v) is 14.2. The van der Waals surface area contributed by atoms with E-state index in [2.05, 4.69) is 4.74 Å². The van der Waals surface area contributed by atoms with Crippen LogP contribution in [0.25, 0.3) is 0 Å². The predicted octanol–water partition coefficient (Wildman–Crippen LogP) is 6.86. The van der Waals surface area contributed by atoms with E-state index in [-0.39, 0.29) is 66.1 Å². The van der Waals surface area contributed by atoms with Gasteiger partial charge in [-0.3, -0.25) is 0 Å². The summed E-state index contributed by atoms with van der Waals surface area (Å²) in [4.78, 5) is 0. The van der Waals surface area contributed by atoms with Crippen LogP contribution in [0.5, 0.6) is 0 Å². The molecule has 0 aromatic heterocycles. The van der Waals surface area contributed by atoms with Crippen molar-refractivity contribution in [2.24, 2.45) is 0 Å². The molecule has 0 saturated heterocycles. The normalized spacial score (nSPS) is 14.2. The molecule has 0 aliphatic carbocycles. The highest BCUT2D eigenvalue weighted by molar-refractivity contribution is 5.18. The third-order valence-corrected chi connectivity index (χ3v) is 8.84. The number of rotatable bonds is 49. The number of alkyl halides is 21. The second kappa shape index (κ2) is 34.0. The number of ether oxygens (including phenoxy) is 13. The quantitative estimate of drug-likeness (QED) is 0.0501. The Hall–Kier alpha value is -2.03. The first-order valence-corrected chi connectivity index (χ1v) is 21.4. The molecule has 0 saturated carbocycles. The highest BCUT2D eigenvalue weighted by Gasteiger charge is 2.97. The van der Waals surface area contributed by atoms with Crippen LogP contribution in [0.3, 0.4) is 0 Å². The van der Waals surface area contributed by atoms with Crippen LogP contribution in [-0.2, 0) is 61.6 Å². The third-order valence-electron chi connectivity index (χ3n) is 8.84. The van der Waals surface area contributed by atoms with Crippen LogP contribution in [0.4, 0.5) is 92.2 Å². The average molecular weight is 1140 g/mol. The Balaban J connectivity index is 4.05. The first kappa shape index (κ1) is 71.0. The lowest BCUT2D eigenvalue weighted by molar-refractivity contribution is -0.474. The van der Waals surface area contributed by atoms with Gasteiger partial charge in [-0.2, -0.15) is 92.2 Å². The fourth-order valence-electron chi connectivity index (χ4n) is 4.75. The lowest BCUT2D eigenvalue weighted by Crippen LogP contribution is -2.76. The van der Waals surface area contributed by atoms with E-state index in [9.17, 15) is 92.2 Å². The fraction of sp³-hybridized carbons (Fsp3) is 1.00. The van der Waals surface area contributed by atoms with Gasteiger partial charge in [0.15, 0.2) is 0 Å². The monoisotopic (exact) mass is 1140 g/mol. The number of aliphatic hydroxyl groups is 1. The molecule has 0 aliphatic heterocycles. The molecule has 14 nitrogen and oxygen atoms in total. The zero-order valence-corrected chi connectivity index (χ0v) is 38.5. The molecule has 35 heteroatoms. The van der Waals surface area contributed by atoms with Crippen LogP contribution >= 0.6 is 0 Å². The van der Waals surface area contributed by atoms with Gasteiger partial charge < -0.3 is 66.7 Å². The first-order valence-electron chi connectivity index (χ1n) is 21.4. The van der Waals surface area contributed by atoms with Gasteiger partial charge in [0.05, 0.1) is 178 Å². The standard InChI is InChI=1S/C38H57F21O14/c39-29(40,30(41,42)31(43,44)32(45,46)33(47,48)34(49,50)35(51,52)36(53,54)37(55,56)38(57,58)59)1-3-61-5-7-63-9-11-65-13-15-67-17-19-69-21-23-71-25-27-73-28-26-72-24-22-70-20-18-68-16-14-66-12-10-64-8-6-62-4-2-60/h60H,1-28H2. The lowest BCUT2D eigenvalue weighted by Gasteiger charge is -2.44. The molecule has 0 radical (unpaired) electrons. The van der Waals surface area contributed by atoms with Gasteiger partial charge in [-0.1, -0.05) is 0 Å². The third kappa shape index (κ3) is 21.7. The summed E-state index contributed by atoms with van der Waals surface area (Å²) in [6.45, 7) is 2.82. The highest BCUT2D eigenvalue weighted by atomic mass is 19.4. The summed E-state index contributed by atoms with van der Waals surface area (Å²) in [5, 5.41) is 8.57. The summed E-state index contributed by atoms with van der Waals surface area (Å²) in [7, 11) is 0. The van der Waals surface area contributed by atoms with Gasteiger partial charge in [0.2, 0.25) is 0 Å². The highest BCUT2D eigenvalue weighted by Crippen LogP contribution is 2.66. The molecule has 440 valence electrons. The summed E-state index contributed by atoms with van der Waals surface area (Å²) in [6, 6.07) is 0. The maximum Gasteiger partial charge on any atom is 0.460 e. The molecule has 0 aromatic rings. The molecule has 0 spiro atoms. The first-order chi connectivity index (χ1) is 33.8. The van der Waals surface area contributed by atoms with E-state index in [1.807, 2.05) is 0 Å². The van der Waals surface area contributed by atoms with Gasteiger partial charge in [-0.05, 0) is 0 Å². The molecule has 0 unspecified atom stereocenters. The van der Waals surface area contributed by atoms with E-state index in [4.69, 9.17) is 61.9 Å². The van der Waals surface area contributed by atoms with Crippen molar-refractivity contribution < 1.29 is 159 Å². The van der Waals surface area contributed by atoms with Crippen LogP contribution < -0.4 is 0 Å². The number of aliphatic hydroxyl groups excluding tert-OH is 1. The van der Waals surface area contributed by atoms with Crippen LogP contribution in [0, 0.1) is 0 Å². The Morgan fingerprint density at radius 3 is 0.521 bits per heavy atom. The van der Waals surface area contributed by atoms with Crippen molar-refractivity contribution in [2.75, 3.05) is 178 Å². The molecule has 0 aliphatic rings. The van der Waals surface area contributed by atoms with Crippen molar-refractivity contribution in [3.63, 3.8) is 0 Å². The Labute approximate surface area is 403 Å². The topological polar surface area (TPSA) is 140 Å². The van der Waals surface area contributed by atoms with Gasteiger partial charge in [0.25, 0.3) is 0 Å². The smallest absolute Gasteiger partial charge is 0.394 e. The van der Waals surface area contributed by atoms with Crippen LogP contribution in [-0.4, -0.2) is 243 Å². The Kier molecular flexibility index (Phi) is 33.0. The molecule has 1 N–H and O–H groups in total. The minimum atomic E-state index is -9.21. The van der Waals surface area contributed by atoms with Crippen LogP contribution in [0.15, 0.2) is 0 Å². The summed E-state index contributed by atoms with van der Waals surface area (Å²) >= 11 is 0. The Morgan fingerprint density at radius 1 is 0.192 bits per heavy atom. The van der Waals surface area contributed by atoms with Crippen molar-refractivity contribution >= 4 is 0 Å². The zero-order valence-electron chi connectivity index (χ0n) is 38.5. The maximum atomic E-state index is 14.0. The van der Waals surface area contributed by atoms with Gasteiger partial charge in [-0.25, -0.2) is 0 Å². The van der Waals surface area contributed by atoms with Gasteiger partial charge in [0.1, 0.15) is 0 Å². The van der Waals surface area contributed by atoms with Gasteiger partial charge >= 0.3 is 59.5 Å². The lowest BCUT2D eigenvalue weighted by atomic mass is 9.86. The van der Waals surface area contributed by atoms with E-state index in [0.717, 1.165) is 0 Å². The van der Waals surface area contributed by atoms with Crippen LogP contribution in [0.1, 0.15) is 6.42 Å². The molecule has 0 fully saturated rings. The predicted molar refractivity (Wildman–Crippen MR) is 203 cm³/mol. The molecular weight excluding hydrogens is 1080 g/mol. The summed E-state index contributed by atoms with van der Waals surface area (Å²) in [5.74, 6) is -77.3.